The molecule has 0 bridgehead atoms. The summed E-state index contributed by atoms with van der Waals surface area (Å²) in [5, 5.41) is 0. The van der Waals surface area contributed by atoms with E-state index in [-0.39, 0.29) is 11.2 Å². The molecule has 0 rings (SSSR count). The normalized spacial score (nSPS) is 16.6. The second kappa shape index (κ2) is 8.39. The van der Waals surface area contributed by atoms with Crippen LogP contribution < -0.4 is 0 Å². The Kier molecular flexibility index (Phi) is 8.50. The molecule has 0 radical (unpaired) electrons. The molecule has 0 fully saturated rings. The van der Waals surface area contributed by atoms with E-state index in [2.05, 4.69) is 47.3 Å². The molecule has 0 amide bonds. The topological polar surface area (TPSA) is 47.9 Å². The van der Waals surface area contributed by atoms with Gasteiger partial charge in [-0.05, 0) is 79.2 Å². The number of rotatable bonds is 11. The maximum Gasteiger partial charge on any atom is 0.321 e. The van der Waals surface area contributed by atoms with Gasteiger partial charge in [-0.1, -0.05) is 0 Å². The molecule has 0 aliphatic rings. The van der Waals surface area contributed by atoms with Crippen LogP contribution in [-0.4, -0.2) is 46.6 Å². The highest BCUT2D eigenvalue weighted by Gasteiger charge is 2.33. The van der Waals surface area contributed by atoms with E-state index in [0.717, 1.165) is 25.3 Å². The van der Waals surface area contributed by atoms with Crippen LogP contribution in [0.4, 0.5) is 0 Å². The first kappa shape index (κ1) is 22.3. The van der Waals surface area contributed by atoms with Crippen molar-refractivity contribution >= 4 is 16.9 Å². The summed E-state index contributed by atoms with van der Waals surface area (Å²) in [6.45, 7) is 17.3. The Balaban J connectivity index is 4.12. The SMILES string of the molecule is COC(C)(C)CCOC(C)(C)CCC[Si](C)(O)O[Si](C)(C)C. The lowest BCUT2D eigenvalue weighted by Crippen LogP contribution is -2.45. The summed E-state index contributed by atoms with van der Waals surface area (Å²) in [7, 11) is -2.45. The van der Waals surface area contributed by atoms with Crippen molar-refractivity contribution in [2.75, 3.05) is 13.7 Å². The van der Waals surface area contributed by atoms with Gasteiger partial charge in [0, 0.05) is 7.11 Å². The monoisotopic (exact) mass is 350 g/mol. The van der Waals surface area contributed by atoms with E-state index in [0.29, 0.717) is 6.61 Å². The third kappa shape index (κ3) is 11.8. The van der Waals surface area contributed by atoms with Gasteiger partial charge < -0.3 is 18.4 Å². The van der Waals surface area contributed by atoms with E-state index in [1.54, 1.807) is 7.11 Å². The van der Waals surface area contributed by atoms with Crippen LogP contribution >= 0.6 is 0 Å². The smallest absolute Gasteiger partial charge is 0.321 e. The van der Waals surface area contributed by atoms with Crippen molar-refractivity contribution in [2.24, 2.45) is 0 Å². The van der Waals surface area contributed by atoms with Crippen molar-refractivity contribution in [3.05, 3.63) is 0 Å². The molecule has 0 aliphatic carbocycles. The first-order valence-corrected chi connectivity index (χ1v) is 14.3. The molecule has 1 unspecified atom stereocenters. The predicted molar refractivity (Wildman–Crippen MR) is 98.0 cm³/mol. The molecule has 0 heterocycles. The van der Waals surface area contributed by atoms with Crippen molar-refractivity contribution in [3.63, 3.8) is 0 Å². The summed E-state index contributed by atoms with van der Waals surface area (Å²) in [5.74, 6) is 0. The molecule has 0 aromatic carbocycles. The number of hydrogen-bond acceptors (Lipinski definition) is 4. The van der Waals surface area contributed by atoms with E-state index >= 15 is 0 Å². The fourth-order valence-corrected chi connectivity index (χ4v) is 8.82. The minimum atomic E-state index is -2.52. The quantitative estimate of drug-likeness (QED) is 0.565. The molecule has 1 atom stereocenters. The molecule has 0 aromatic heterocycles. The van der Waals surface area contributed by atoms with Crippen LogP contribution in [0.2, 0.25) is 32.2 Å². The van der Waals surface area contributed by atoms with Crippen LogP contribution in [0.15, 0.2) is 0 Å². The summed E-state index contributed by atoms with van der Waals surface area (Å²) < 4.78 is 17.4. The molecule has 4 nitrogen and oxygen atoms in total. The van der Waals surface area contributed by atoms with E-state index in [9.17, 15) is 4.80 Å². The molecular formula is C16H38O4Si2. The summed E-state index contributed by atoms with van der Waals surface area (Å²) in [5.41, 5.74) is -0.314. The molecule has 1 N–H and O–H groups in total. The fourth-order valence-electron chi connectivity index (χ4n) is 2.30. The zero-order valence-corrected chi connectivity index (χ0v) is 18.2. The highest BCUT2D eigenvalue weighted by molar-refractivity contribution is 6.81. The van der Waals surface area contributed by atoms with Gasteiger partial charge in [-0.25, -0.2) is 0 Å². The van der Waals surface area contributed by atoms with Gasteiger partial charge in [-0.3, -0.25) is 0 Å². The van der Waals surface area contributed by atoms with Crippen molar-refractivity contribution in [2.45, 2.75) is 90.4 Å². The minimum Gasteiger partial charge on any atom is -0.436 e. The van der Waals surface area contributed by atoms with Crippen LogP contribution in [0.1, 0.15) is 47.0 Å². The Morgan fingerprint density at radius 3 is 1.91 bits per heavy atom. The lowest BCUT2D eigenvalue weighted by molar-refractivity contribution is -0.0613. The average molecular weight is 351 g/mol. The standard InChI is InChI=1S/C16H38O4Si2/c1-15(2,18-5)12-13-19-16(3,4)11-10-14-22(9,17)20-21(6,7)8/h17H,10-14H2,1-9H3. The van der Waals surface area contributed by atoms with Crippen LogP contribution in [0.25, 0.3) is 0 Å². The van der Waals surface area contributed by atoms with Crippen molar-refractivity contribution in [3.8, 4) is 0 Å². The van der Waals surface area contributed by atoms with Crippen LogP contribution in [0, 0.1) is 0 Å². The Labute approximate surface area is 139 Å². The Hall–Kier alpha value is 0.274. The van der Waals surface area contributed by atoms with Crippen LogP contribution in [0.3, 0.4) is 0 Å². The van der Waals surface area contributed by atoms with Crippen molar-refractivity contribution in [1.82, 2.24) is 0 Å². The van der Waals surface area contributed by atoms with E-state index in [4.69, 9.17) is 13.6 Å². The first-order valence-electron chi connectivity index (χ1n) is 8.30. The van der Waals surface area contributed by atoms with Crippen molar-refractivity contribution in [1.29, 1.82) is 0 Å². The van der Waals surface area contributed by atoms with Gasteiger partial charge >= 0.3 is 8.56 Å². The molecule has 6 heteroatoms. The lowest BCUT2D eigenvalue weighted by atomic mass is 10.0. The average Bonchev–Trinajstić information content (AvgIpc) is 2.24. The van der Waals surface area contributed by atoms with Gasteiger partial charge in [0.25, 0.3) is 0 Å². The Bertz CT molecular complexity index is 323. The first-order chi connectivity index (χ1) is 9.68. The number of methoxy groups -OCH3 is 1. The number of hydrogen-bond donors (Lipinski definition) is 1. The molecule has 0 aliphatic heterocycles. The summed E-state index contributed by atoms with van der Waals surface area (Å²) in [4.78, 5) is 10.5. The van der Waals surface area contributed by atoms with Crippen molar-refractivity contribution < 1.29 is 18.4 Å². The fraction of sp³-hybridized carbons (Fsp3) is 1.00. The van der Waals surface area contributed by atoms with Gasteiger partial charge in [0.15, 0.2) is 8.32 Å². The molecule has 0 aromatic rings. The summed E-state index contributed by atoms with van der Waals surface area (Å²) in [6.07, 6.45) is 2.74. The Morgan fingerprint density at radius 2 is 1.45 bits per heavy atom. The van der Waals surface area contributed by atoms with E-state index < -0.39 is 16.9 Å². The molecule has 0 spiro atoms. The summed E-state index contributed by atoms with van der Waals surface area (Å²) in [6, 6.07) is 0.771. The Morgan fingerprint density at radius 1 is 0.909 bits per heavy atom. The van der Waals surface area contributed by atoms with Crippen LogP contribution in [0.5, 0.6) is 0 Å². The predicted octanol–water partition coefficient (Wildman–Crippen LogP) is 4.29. The van der Waals surface area contributed by atoms with Gasteiger partial charge in [0.05, 0.1) is 17.8 Å². The lowest BCUT2D eigenvalue weighted by Gasteiger charge is -2.31. The van der Waals surface area contributed by atoms with Gasteiger partial charge in [0.2, 0.25) is 0 Å². The molecule has 0 saturated carbocycles. The molecule has 134 valence electrons. The van der Waals surface area contributed by atoms with E-state index in [1.165, 1.54) is 0 Å². The van der Waals surface area contributed by atoms with E-state index in [1.807, 2.05) is 6.55 Å². The summed E-state index contributed by atoms with van der Waals surface area (Å²) >= 11 is 0. The zero-order valence-electron chi connectivity index (χ0n) is 16.2. The van der Waals surface area contributed by atoms with Gasteiger partial charge in [-0.2, -0.15) is 0 Å². The van der Waals surface area contributed by atoms with Gasteiger partial charge in [-0.15, -0.1) is 0 Å². The highest BCUT2D eigenvalue weighted by atomic mass is 28.4. The second-order valence-corrected chi connectivity index (χ2v) is 16.5. The molecular weight excluding hydrogens is 312 g/mol. The maximum atomic E-state index is 10.5. The molecule has 0 saturated heterocycles. The molecule has 22 heavy (non-hydrogen) atoms. The second-order valence-electron chi connectivity index (χ2n) is 8.56. The van der Waals surface area contributed by atoms with Gasteiger partial charge in [0.1, 0.15) is 0 Å². The third-order valence-electron chi connectivity index (χ3n) is 3.70. The highest BCUT2D eigenvalue weighted by Crippen LogP contribution is 2.24. The minimum absolute atomic E-state index is 0.141. The maximum absolute atomic E-state index is 10.5. The largest absolute Gasteiger partial charge is 0.436 e. The number of ether oxygens (including phenoxy) is 2. The zero-order chi connectivity index (χ0) is 17.7. The third-order valence-corrected chi connectivity index (χ3v) is 9.18. The van der Waals surface area contributed by atoms with Crippen LogP contribution in [-0.2, 0) is 13.6 Å².